The van der Waals surface area contributed by atoms with E-state index in [1.807, 2.05) is 29.7 Å². The SMILES string of the molecule is CN1Cc2c(Cl)cc(Cl)cc2[C@H](c2cccc(C(O)NCCOCCOCCNO)c2)C1. The van der Waals surface area contributed by atoms with Crippen LogP contribution < -0.4 is 10.8 Å². The van der Waals surface area contributed by atoms with Crippen LogP contribution in [0, 0.1) is 0 Å². The van der Waals surface area contributed by atoms with Gasteiger partial charge in [0.15, 0.2) is 0 Å². The number of aliphatic hydroxyl groups is 1. The Labute approximate surface area is 199 Å². The zero-order chi connectivity index (χ0) is 22.9. The van der Waals surface area contributed by atoms with Crippen molar-refractivity contribution in [1.29, 1.82) is 0 Å². The number of fused-ring (bicyclic) bond motifs is 1. The molecule has 0 saturated carbocycles. The predicted octanol–water partition coefficient (Wildman–Crippen LogP) is 3.16. The molecule has 2 aromatic carbocycles. The number of halogens is 2. The van der Waals surface area contributed by atoms with Gasteiger partial charge < -0.3 is 24.7 Å². The van der Waals surface area contributed by atoms with Crippen molar-refractivity contribution in [3.63, 3.8) is 0 Å². The first kappa shape index (κ1) is 25.4. The standard InChI is InChI=1S/C23H31Cl2N3O4/c1-28-14-20(19-12-18(24)13-22(25)21(19)15-28)16-3-2-4-17(11-16)23(29)26-5-7-31-9-10-32-8-6-27-30/h2-4,11-13,20,23,26-27,29-30H,5-10,14-15H2,1H3/t20-,23?/m0/s1. The third-order valence-electron chi connectivity index (χ3n) is 5.44. The molecule has 9 heteroatoms. The number of hydrogen-bond donors (Lipinski definition) is 4. The second-order valence-corrected chi connectivity index (χ2v) is 8.71. The molecule has 0 bridgehead atoms. The summed E-state index contributed by atoms with van der Waals surface area (Å²) < 4.78 is 10.7. The Hall–Kier alpha value is -1.26. The quantitative estimate of drug-likeness (QED) is 0.209. The van der Waals surface area contributed by atoms with E-state index in [0.717, 1.165) is 35.3 Å². The van der Waals surface area contributed by atoms with E-state index in [-0.39, 0.29) is 5.92 Å². The van der Waals surface area contributed by atoms with Crippen LogP contribution in [0.5, 0.6) is 0 Å². The summed E-state index contributed by atoms with van der Waals surface area (Å²) in [7, 11) is 2.08. The normalized spacial score (nSPS) is 17.3. The fourth-order valence-electron chi connectivity index (χ4n) is 3.90. The van der Waals surface area contributed by atoms with Gasteiger partial charge in [-0.3, -0.25) is 5.32 Å². The van der Waals surface area contributed by atoms with Crippen LogP contribution in [0.2, 0.25) is 10.0 Å². The van der Waals surface area contributed by atoms with Gasteiger partial charge in [-0.05, 0) is 41.4 Å². The molecule has 1 aliphatic rings. The van der Waals surface area contributed by atoms with Crippen molar-refractivity contribution in [1.82, 2.24) is 15.7 Å². The number of hydroxylamine groups is 1. The van der Waals surface area contributed by atoms with E-state index >= 15 is 0 Å². The predicted molar refractivity (Wildman–Crippen MR) is 125 cm³/mol. The van der Waals surface area contributed by atoms with Crippen molar-refractivity contribution < 1.29 is 19.8 Å². The van der Waals surface area contributed by atoms with E-state index in [1.165, 1.54) is 0 Å². The van der Waals surface area contributed by atoms with Crippen LogP contribution in [0.15, 0.2) is 36.4 Å². The maximum atomic E-state index is 10.6. The number of benzene rings is 2. The highest BCUT2D eigenvalue weighted by atomic mass is 35.5. The van der Waals surface area contributed by atoms with Crippen molar-refractivity contribution in [2.24, 2.45) is 0 Å². The highest BCUT2D eigenvalue weighted by molar-refractivity contribution is 6.35. The minimum atomic E-state index is -0.797. The fraction of sp³-hybridized carbons (Fsp3) is 0.478. The van der Waals surface area contributed by atoms with E-state index in [1.54, 1.807) is 6.07 Å². The fourth-order valence-corrected chi connectivity index (χ4v) is 4.47. The molecule has 176 valence electrons. The van der Waals surface area contributed by atoms with Crippen LogP contribution in [0.3, 0.4) is 0 Å². The zero-order valence-electron chi connectivity index (χ0n) is 18.2. The number of nitrogens with zero attached hydrogens (tertiary/aromatic N) is 1. The molecule has 0 spiro atoms. The van der Waals surface area contributed by atoms with E-state index in [2.05, 4.69) is 23.3 Å². The molecule has 0 fully saturated rings. The molecule has 1 heterocycles. The lowest BCUT2D eigenvalue weighted by Crippen LogP contribution is -2.31. The van der Waals surface area contributed by atoms with E-state index in [9.17, 15) is 5.11 Å². The molecule has 0 saturated heterocycles. The van der Waals surface area contributed by atoms with Crippen LogP contribution in [0.1, 0.15) is 34.4 Å². The van der Waals surface area contributed by atoms with Gasteiger partial charge in [0.1, 0.15) is 6.23 Å². The monoisotopic (exact) mass is 483 g/mol. The van der Waals surface area contributed by atoms with E-state index in [0.29, 0.717) is 49.6 Å². The third-order valence-corrected chi connectivity index (χ3v) is 5.99. The summed E-state index contributed by atoms with van der Waals surface area (Å²) >= 11 is 12.8. The second kappa shape index (κ2) is 12.8. The highest BCUT2D eigenvalue weighted by Gasteiger charge is 2.27. The van der Waals surface area contributed by atoms with E-state index < -0.39 is 6.23 Å². The molecular formula is C23H31Cl2N3O4. The summed E-state index contributed by atoms with van der Waals surface area (Å²) in [5.74, 6) is 0.122. The maximum absolute atomic E-state index is 10.6. The number of nitrogens with one attached hydrogen (secondary N) is 2. The summed E-state index contributed by atoms with van der Waals surface area (Å²) in [6.45, 7) is 4.31. The van der Waals surface area contributed by atoms with Crippen LogP contribution in [0.25, 0.3) is 0 Å². The summed E-state index contributed by atoms with van der Waals surface area (Å²) in [6.07, 6.45) is -0.797. The van der Waals surface area contributed by atoms with Crippen molar-refractivity contribution in [2.45, 2.75) is 18.7 Å². The highest BCUT2D eigenvalue weighted by Crippen LogP contribution is 2.38. The lowest BCUT2D eigenvalue weighted by atomic mass is 9.84. The van der Waals surface area contributed by atoms with Crippen molar-refractivity contribution in [3.8, 4) is 0 Å². The van der Waals surface area contributed by atoms with Crippen LogP contribution in [0.4, 0.5) is 0 Å². The number of rotatable bonds is 12. The average molecular weight is 484 g/mol. The first-order valence-corrected chi connectivity index (χ1v) is 11.4. The summed E-state index contributed by atoms with van der Waals surface area (Å²) in [5.41, 5.74) is 6.18. The number of hydrogen-bond acceptors (Lipinski definition) is 7. The van der Waals surface area contributed by atoms with Crippen molar-refractivity contribution >= 4 is 23.2 Å². The van der Waals surface area contributed by atoms with Gasteiger partial charge in [0, 0.05) is 42.1 Å². The molecule has 7 nitrogen and oxygen atoms in total. The first-order valence-electron chi connectivity index (χ1n) is 10.7. The minimum absolute atomic E-state index is 0.122. The smallest absolute Gasteiger partial charge is 0.131 e. The van der Waals surface area contributed by atoms with Crippen LogP contribution >= 0.6 is 23.2 Å². The Balaban J connectivity index is 1.57. The van der Waals surface area contributed by atoms with Crippen LogP contribution in [-0.4, -0.2) is 68.3 Å². The Morgan fingerprint density at radius 3 is 2.59 bits per heavy atom. The topological polar surface area (TPSA) is 86.2 Å². The molecule has 2 aromatic rings. The van der Waals surface area contributed by atoms with Gasteiger partial charge in [0.05, 0.1) is 26.4 Å². The second-order valence-electron chi connectivity index (χ2n) is 7.86. The zero-order valence-corrected chi connectivity index (χ0v) is 19.7. The molecule has 32 heavy (non-hydrogen) atoms. The van der Waals surface area contributed by atoms with Gasteiger partial charge in [-0.15, -0.1) is 0 Å². The first-order chi connectivity index (χ1) is 15.5. The Morgan fingerprint density at radius 2 is 1.84 bits per heavy atom. The molecule has 1 aliphatic heterocycles. The molecule has 1 unspecified atom stereocenters. The lowest BCUT2D eigenvalue weighted by Gasteiger charge is -2.33. The molecule has 0 aliphatic carbocycles. The molecule has 4 N–H and O–H groups in total. The number of likely N-dealkylation sites (N-methyl/N-ethyl adjacent to an activating group) is 1. The average Bonchev–Trinajstić information content (AvgIpc) is 2.78. The molecule has 2 atom stereocenters. The van der Waals surface area contributed by atoms with Crippen molar-refractivity contribution in [2.75, 3.05) is 53.1 Å². The maximum Gasteiger partial charge on any atom is 0.131 e. The van der Waals surface area contributed by atoms with Gasteiger partial charge >= 0.3 is 0 Å². The number of aliphatic hydroxyl groups excluding tert-OH is 1. The summed E-state index contributed by atoms with van der Waals surface area (Å²) in [5, 5.41) is 23.5. The summed E-state index contributed by atoms with van der Waals surface area (Å²) in [6, 6.07) is 11.8. The Morgan fingerprint density at radius 1 is 1.09 bits per heavy atom. The Kier molecular flexibility index (Phi) is 10.2. The third kappa shape index (κ3) is 7.12. The molecule has 3 rings (SSSR count). The van der Waals surface area contributed by atoms with Gasteiger partial charge in [-0.1, -0.05) is 47.5 Å². The minimum Gasteiger partial charge on any atom is -0.378 e. The van der Waals surface area contributed by atoms with Crippen LogP contribution in [-0.2, 0) is 16.0 Å². The lowest BCUT2D eigenvalue weighted by molar-refractivity contribution is 0.0337. The molecule has 0 aromatic heterocycles. The molecule has 0 radical (unpaired) electrons. The Bertz CT molecular complexity index is 871. The van der Waals surface area contributed by atoms with Crippen molar-refractivity contribution in [3.05, 3.63) is 68.7 Å². The molecular weight excluding hydrogens is 453 g/mol. The summed E-state index contributed by atoms with van der Waals surface area (Å²) in [4.78, 5) is 2.25. The van der Waals surface area contributed by atoms with Gasteiger partial charge in [-0.25, -0.2) is 5.48 Å². The largest absolute Gasteiger partial charge is 0.378 e. The van der Waals surface area contributed by atoms with E-state index in [4.69, 9.17) is 37.9 Å². The molecule has 0 amide bonds. The van der Waals surface area contributed by atoms with Gasteiger partial charge in [-0.2, -0.15) is 0 Å². The van der Waals surface area contributed by atoms with Gasteiger partial charge in [0.25, 0.3) is 0 Å². The number of ether oxygens (including phenoxy) is 2. The van der Waals surface area contributed by atoms with Gasteiger partial charge in [0.2, 0.25) is 0 Å².